The maximum atomic E-state index is 10.4. The molecule has 0 aromatic heterocycles. The Morgan fingerprint density at radius 2 is 2.40 bits per heavy atom. The van der Waals surface area contributed by atoms with Gasteiger partial charge in [0.15, 0.2) is 21.1 Å². The van der Waals surface area contributed by atoms with Gasteiger partial charge in [0.25, 0.3) is 0 Å². The van der Waals surface area contributed by atoms with E-state index in [9.17, 15) is 8.42 Å². The molecule has 0 rings (SSSR count). The number of hydroxylamine groups is 1. The molecule has 0 radical (unpaired) electrons. The van der Waals surface area contributed by atoms with Crippen molar-refractivity contribution in [2.45, 2.75) is 0 Å². The van der Waals surface area contributed by atoms with Gasteiger partial charge >= 0.3 is 0 Å². The Labute approximate surface area is 61.4 Å². The smallest absolute Gasteiger partial charge is 0.173 e. The SMILES string of the molecule is CS(=N)(=O)ONCS(=O)O. The van der Waals surface area contributed by atoms with E-state index in [1.54, 1.807) is 0 Å². The summed E-state index contributed by atoms with van der Waals surface area (Å²) in [5.41, 5.74) is 1.91. The normalized spacial score (nSPS) is 19.8. The molecule has 0 aliphatic carbocycles. The lowest BCUT2D eigenvalue weighted by Crippen LogP contribution is -2.22. The van der Waals surface area contributed by atoms with E-state index in [2.05, 4.69) is 4.28 Å². The van der Waals surface area contributed by atoms with Crippen molar-refractivity contribution in [2.75, 3.05) is 12.1 Å². The summed E-state index contributed by atoms with van der Waals surface area (Å²) in [6.07, 6.45) is 1.04. The molecule has 0 amide bonds. The largest absolute Gasteiger partial charge is 0.305 e. The Bertz CT molecular complexity index is 209. The fourth-order valence-corrected chi connectivity index (χ4v) is 0.705. The summed E-state index contributed by atoms with van der Waals surface area (Å²) in [5, 5.41) is 0. The molecule has 0 saturated heterocycles. The molecular weight excluding hydrogens is 180 g/mol. The Kier molecular flexibility index (Phi) is 3.98. The van der Waals surface area contributed by atoms with Gasteiger partial charge in [0.1, 0.15) is 5.88 Å². The first-order valence-corrected chi connectivity index (χ1v) is 5.31. The molecule has 62 valence electrons. The van der Waals surface area contributed by atoms with Crippen LogP contribution in [0.4, 0.5) is 0 Å². The van der Waals surface area contributed by atoms with E-state index in [0.29, 0.717) is 0 Å². The van der Waals surface area contributed by atoms with Crippen molar-refractivity contribution in [2.24, 2.45) is 0 Å². The van der Waals surface area contributed by atoms with Crippen LogP contribution in [0.3, 0.4) is 0 Å². The summed E-state index contributed by atoms with van der Waals surface area (Å²) in [6.45, 7) is 0. The van der Waals surface area contributed by atoms with Crippen LogP contribution in [-0.2, 0) is 25.4 Å². The third kappa shape index (κ3) is 7.98. The van der Waals surface area contributed by atoms with E-state index < -0.39 is 21.1 Å². The van der Waals surface area contributed by atoms with Crippen molar-refractivity contribution in [3.05, 3.63) is 0 Å². The molecule has 0 spiro atoms. The van der Waals surface area contributed by atoms with Crippen molar-refractivity contribution in [3.8, 4) is 0 Å². The molecule has 10 heavy (non-hydrogen) atoms. The highest BCUT2D eigenvalue weighted by atomic mass is 32.2. The molecule has 6 nitrogen and oxygen atoms in total. The maximum absolute atomic E-state index is 10.4. The van der Waals surface area contributed by atoms with Crippen LogP contribution < -0.4 is 5.48 Å². The van der Waals surface area contributed by atoms with Crippen molar-refractivity contribution >= 4 is 21.1 Å². The van der Waals surface area contributed by atoms with Crippen LogP contribution >= 0.6 is 0 Å². The zero-order chi connectivity index (χ0) is 8.20. The number of rotatable bonds is 4. The Hall–Kier alpha value is -0.0200. The molecule has 2 unspecified atom stereocenters. The van der Waals surface area contributed by atoms with Crippen molar-refractivity contribution in [1.29, 1.82) is 4.78 Å². The van der Waals surface area contributed by atoms with Crippen molar-refractivity contribution in [3.63, 3.8) is 0 Å². The van der Waals surface area contributed by atoms with Gasteiger partial charge in [-0.05, 0) is 0 Å². The summed E-state index contributed by atoms with van der Waals surface area (Å²) in [4.78, 5) is 0. The molecule has 0 saturated carbocycles. The Morgan fingerprint density at radius 1 is 1.90 bits per heavy atom. The van der Waals surface area contributed by atoms with Crippen LogP contribution in [0.15, 0.2) is 0 Å². The maximum Gasteiger partial charge on any atom is 0.173 e. The standard InChI is InChI=1S/C2H8N2O4S2/c1-10(3,7)8-4-2-9(5)6/h3-4H,2H2,1H3,(H,5,6). The van der Waals surface area contributed by atoms with Crippen LogP contribution in [0.25, 0.3) is 0 Å². The minimum absolute atomic E-state index is 0.357. The van der Waals surface area contributed by atoms with Gasteiger partial charge < -0.3 is 4.55 Å². The van der Waals surface area contributed by atoms with Crippen molar-refractivity contribution < 1.29 is 17.3 Å². The van der Waals surface area contributed by atoms with Gasteiger partial charge in [0.2, 0.25) is 0 Å². The minimum Gasteiger partial charge on any atom is -0.305 e. The second-order valence-corrected chi connectivity index (χ2v) is 4.11. The highest BCUT2D eigenvalue weighted by molar-refractivity contribution is 7.87. The van der Waals surface area contributed by atoms with E-state index in [-0.39, 0.29) is 5.88 Å². The first-order chi connectivity index (χ1) is 4.42. The zero-order valence-corrected chi connectivity index (χ0v) is 6.83. The van der Waals surface area contributed by atoms with E-state index in [1.807, 2.05) is 5.48 Å². The topological polar surface area (TPSA) is 99.5 Å². The highest BCUT2D eigenvalue weighted by Crippen LogP contribution is 1.82. The molecular formula is C2H8N2O4S2. The molecule has 0 heterocycles. The van der Waals surface area contributed by atoms with E-state index in [1.165, 1.54) is 0 Å². The van der Waals surface area contributed by atoms with E-state index in [4.69, 9.17) is 9.33 Å². The lowest BCUT2D eigenvalue weighted by atomic mass is 11.5. The first-order valence-electron chi connectivity index (χ1n) is 2.14. The second kappa shape index (κ2) is 3.98. The average molecular weight is 188 g/mol. The molecule has 3 N–H and O–H groups in total. The molecule has 8 heteroatoms. The van der Waals surface area contributed by atoms with Gasteiger partial charge in [-0.15, -0.1) is 0 Å². The van der Waals surface area contributed by atoms with Crippen LogP contribution in [0.1, 0.15) is 0 Å². The number of hydrogen-bond acceptors (Lipinski definition) is 5. The fourth-order valence-electron chi connectivity index (χ4n) is 0.187. The zero-order valence-electron chi connectivity index (χ0n) is 5.20. The summed E-state index contributed by atoms with van der Waals surface area (Å²) in [7, 11) is -3.08. The highest BCUT2D eigenvalue weighted by Gasteiger charge is 1.97. The van der Waals surface area contributed by atoms with Crippen LogP contribution in [-0.4, -0.2) is 25.1 Å². The lowest BCUT2D eigenvalue weighted by Gasteiger charge is -2.00. The number of nitrogens with one attached hydrogen (secondary N) is 2. The lowest BCUT2D eigenvalue weighted by molar-refractivity contribution is 0.237. The van der Waals surface area contributed by atoms with Gasteiger partial charge in [-0.25, -0.2) is 13.2 Å². The van der Waals surface area contributed by atoms with Crippen molar-refractivity contribution in [1.82, 2.24) is 5.48 Å². The number of hydrogen-bond donors (Lipinski definition) is 3. The second-order valence-electron chi connectivity index (χ2n) is 1.47. The van der Waals surface area contributed by atoms with E-state index >= 15 is 0 Å². The monoisotopic (exact) mass is 188 g/mol. The third-order valence-corrected chi connectivity index (χ3v) is 1.20. The summed E-state index contributed by atoms with van der Waals surface area (Å²) in [5.74, 6) is -0.357. The van der Waals surface area contributed by atoms with Crippen LogP contribution in [0, 0.1) is 4.78 Å². The fraction of sp³-hybridized carbons (Fsp3) is 1.00. The Morgan fingerprint density at radius 3 is 2.70 bits per heavy atom. The summed E-state index contributed by atoms with van der Waals surface area (Å²) >= 11 is -2.05. The molecule has 0 aliphatic heterocycles. The van der Waals surface area contributed by atoms with Gasteiger partial charge in [-0.3, -0.25) is 0 Å². The van der Waals surface area contributed by atoms with Gasteiger partial charge in [-0.2, -0.15) is 9.76 Å². The molecule has 0 aromatic carbocycles. The van der Waals surface area contributed by atoms with Gasteiger partial charge in [0.05, 0.1) is 0 Å². The Balaban J connectivity index is 3.49. The van der Waals surface area contributed by atoms with Gasteiger partial charge in [0, 0.05) is 6.26 Å². The molecule has 0 aromatic rings. The molecule has 0 fully saturated rings. The van der Waals surface area contributed by atoms with Crippen LogP contribution in [0.5, 0.6) is 0 Å². The quantitative estimate of drug-likeness (QED) is 0.399. The molecule has 2 atom stereocenters. The molecule has 0 aliphatic rings. The summed E-state index contributed by atoms with van der Waals surface area (Å²) in [6, 6.07) is 0. The van der Waals surface area contributed by atoms with Crippen LogP contribution in [0.2, 0.25) is 0 Å². The van der Waals surface area contributed by atoms with E-state index in [0.717, 1.165) is 6.26 Å². The first kappa shape index (κ1) is 9.98. The minimum atomic E-state index is -3.08. The molecule has 0 bridgehead atoms. The summed E-state index contributed by atoms with van der Waals surface area (Å²) < 4.78 is 39.2. The van der Waals surface area contributed by atoms with Gasteiger partial charge in [-0.1, -0.05) is 0 Å². The third-order valence-electron chi connectivity index (χ3n) is 0.400. The average Bonchev–Trinajstić information content (AvgIpc) is 1.59. The predicted octanol–water partition coefficient (Wildman–Crippen LogP) is -0.722. The predicted molar refractivity (Wildman–Crippen MR) is 36.6 cm³/mol.